The van der Waals surface area contributed by atoms with E-state index in [-0.39, 0.29) is 0 Å². The van der Waals surface area contributed by atoms with Crippen LogP contribution >= 0.6 is 11.6 Å². The van der Waals surface area contributed by atoms with E-state index < -0.39 is 0 Å². The Morgan fingerprint density at radius 2 is 0.952 bits per heavy atom. The van der Waals surface area contributed by atoms with E-state index in [2.05, 4.69) is 125 Å². The molecule has 2 aromatic heterocycles. The molecule has 0 radical (unpaired) electrons. The second-order valence-electron chi connectivity index (χ2n) is 10.4. The van der Waals surface area contributed by atoms with Crippen molar-refractivity contribution < 1.29 is 0 Å². The van der Waals surface area contributed by atoms with E-state index in [0.29, 0.717) is 10.5 Å². The number of imidazole rings is 1. The number of pyridine rings is 1. The lowest BCUT2D eigenvalue weighted by atomic mass is 9.86. The number of hydrogen-bond donors (Lipinski definition) is 0. The standard InChI is InChI=1S/C38H24ClN3/c39-33-23-24-40-38-36(33)41-37(42(38)28-13-5-2-6-14-28)27-21-19-26(20-22-27)35-31-17-9-7-15-29(31)34(25-11-3-1-4-12-25)30-16-8-10-18-32(30)35/h1-24H. The molecule has 0 aliphatic carbocycles. The van der Waals surface area contributed by atoms with Gasteiger partial charge in [0.1, 0.15) is 11.3 Å². The van der Waals surface area contributed by atoms with Gasteiger partial charge in [-0.3, -0.25) is 4.57 Å². The van der Waals surface area contributed by atoms with Gasteiger partial charge in [0.15, 0.2) is 5.65 Å². The Morgan fingerprint density at radius 1 is 0.476 bits per heavy atom. The Morgan fingerprint density at radius 3 is 1.52 bits per heavy atom. The molecule has 0 amide bonds. The number of para-hydroxylation sites is 1. The minimum absolute atomic E-state index is 0.587. The first kappa shape index (κ1) is 24.5. The SMILES string of the molecule is Clc1ccnc2c1nc(-c1ccc(-c3c4ccccc4c(-c4ccccc4)c4ccccc34)cc1)n2-c1ccccc1. The lowest BCUT2D eigenvalue weighted by Gasteiger charge is -2.18. The third-order valence-electron chi connectivity index (χ3n) is 7.94. The van der Waals surface area contributed by atoms with Gasteiger partial charge in [0.05, 0.1) is 5.02 Å². The largest absolute Gasteiger partial charge is 0.277 e. The molecule has 0 atom stereocenters. The summed E-state index contributed by atoms with van der Waals surface area (Å²) in [5.74, 6) is 0.803. The number of nitrogens with zero attached hydrogens (tertiary/aromatic N) is 3. The summed E-state index contributed by atoms with van der Waals surface area (Å²) >= 11 is 6.57. The smallest absolute Gasteiger partial charge is 0.166 e. The first-order chi connectivity index (χ1) is 20.8. The van der Waals surface area contributed by atoms with Crippen LogP contribution in [-0.2, 0) is 0 Å². The van der Waals surface area contributed by atoms with Gasteiger partial charge in [0, 0.05) is 17.4 Å². The van der Waals surface area contributed by atoms with Crippen LogP contribution in [0.4, 0.5) is 0 Å². The highest BCUT2D eigenvalue weighted by Gasteiger charge is 2.19. The van der Waals surface area contributed by atoms with Crippen LogP contribution in [0.3, 0.4) is 0 Å². The predicted molar refractivity (Wildman–Crippen MR) is 175 cm³/mol. The highest BCUT2D eigenvalue weighted by Crippen LogP contribution is 2.44. The summed E-state index contributed by atoms with van der Waals surface area (Å²) in [7, 11) is 0. The van der Waals surface area contributed by atoms with Crippen molar-refractivity contribution in [3.05, 3.63) is 151 Å². The third kappa shape index (κ3) is 3.90. The molecule has 42 heavy (non-hydrogen) atoms. The molecule has 198 valence electrons. The molecule has 0 spiro atoms. The molecule has 8 aromatic rings. The van der Waals surface area contributed by atoms with Gasteiger partial charge in [-0.25, -0.2) is 9.97 Å². The van der Waals surface area contributed by atoms with Crippen LogP contribution in [0, 0.1) is 0 Å². The Bertz CT molecular complexity index is 2180. The maximum absolute atomic E-state index is 6.57. The molecule has 0 saturated carbocycles. The normalized spacial score (nSPS) is 11.5. The molecule has 0 N–H and O–H groups in total. The summed E-state index contributed by atoms with van der Waals surface area (Å²) < 4.78 is 2.08. The summed E-state index contributed by atoms with van der Waals surface area (Å²) in [4.78, 5) is 9.62. The van der Waals surface area contributed by atoms with Crippen LogP contribution in [0.25, 0.3) is 72.0 Å². The fraction of sp³-hybridized carbons (Fsp3) is 0. The molecule has 0 aliphatic heterocycles. The maximum Gasteiger partial charge on any atom is 0.166 e. The number of fused-ring (bicyclic) bond motifs is 3. The van der Waals surface area contributed by atoms with E-state index in [9.17, 15) is 0 Å². The van der Waals surface area contributed by atoms with Crippen LogP contribution in [0.1, 0.15) is 0 Å². The minimum atomic E-state index is 0.587. The fourth-order valence-corrected chi connectivity index (χ4v) is 6.28. The molecule has 0 saturated heterocycles. The first-order valence-corrected chi connectivity index (χ1v) is 14.3. The van der Waals surface area contributed by atoms with Crippen LogP contribution in [0.2, 0.25) is 5.02 Å². The minimum Gasteiger partial charge on any atom is -0.277 e. The molecular weight excluding hydrogens is 534 g/mol. The zero-order chi connectivity index (χ0) is 28.0. The molecule has 0 fully saturated rings. The molecule has 0 unspecified atom stereocenters. The molecule has 2 heterocycles. The van der Waals surface area contributed by atoms with Crippen molar-refractivity contribution in [1.29, 1.82) is 0 Å². The van der Waals surface area contributed by atoms with Crippen molar-refractivity contribution in [1.82, 2.24) is 14.5 Å². The van der Waals surface area contributed by atoms with Gasteiger partial charge >= 0.3 is 0 Å². The maximum atomic E-state index is 6.57. The summed E-state index contributed by atoms with van der Waals surface area (Å²) in [6.45, 7) is 0. The number of aromatic nitrogens is 3. The zero-order valence-corrected chi connectivity index (χ0v) is 23.3. The first-order valence-electron chi connectivity index (χ1n) is 14.0. The van der Waals surface area contributed by atoms with Crippen molar-refractivity contribution in [3.63, 3.8) is 0 Å². The highest BCUT2D eigenvalue weighted by molar-refractivity contribution is 6.34. The predicted octanol–water partition coefficient (Wildman–Crippen LogP) is 10.4. The van der Waals surface area contributed by atoms with Gasteiger partial charge in [-0.15, -0.1) is 0 Å². The average molecular weight is 558 g/mol. The van der Waals surface area contributed by atoms with E-state index in [0.717, 1.165) is 28.3 Å². The molecule has 0 aliphatic rings. The fourth-order valence-electron chi connectivity index (χ4n) is 6.10. The quantitative estimate of drug-likeness (QED) is 0.201. The molecule has 6 aromatic carbocycles. The Labute approximate surface area is 248 Å². The van der Waals surface area contributed by atoms with Crippen molar-refractivity contribution in [2.24, 2.45) is 0 Å². The van der Waals surface area contributed by atoms with Gasteiger partial charge in [-0.1, -0.05) is 133 Å². The number of hydrogen-bond acceptors (Lipinski definition) is 2. The second kappa shape index (κ2) is 9.99. The molecule has 8 rings (SSSR count). The van der Waals surface area contributed by atoms with Crippen LogP contribution in [-0.4, -0.2) is 14.5 Å². The summed E-state index contributed by atoms with van der Waals surface area (Å²) in [5.41, 5.74) is 8.28. The summed E-state index contributed by atoms with van der Waals surface area (Å²) in [5, 5.41) is 5.54. The van der Waals surface area contributed by atoms with E-state index in [1.807, 2.05) is 18.2 Å². The number of rotatable bonds is 4. The number of benzene rings is 6. The van der Waals surface area contributed by atoms with Crippen LogP contribution < -0.4 is 0 Å². The van der Waals surface area contributed by atoms with Crippen molar-refractivity contribution in [3.8, 4) is 39.3 Å². The van der Waals surface area contributed by atoms with E-state index in [1.54, 1.807) is 12.3 Å². The van der Waals surface area contributed by atoms with Crippen LogP contribution in [0.5, 0.6) is 0 Å². The summed E-state index contributed by atoms with van der Waals surface area (Å²) in [6, 6.07) is 48.8. The third-order valence-corrected chi connectivity index (χ3v) is 8.24. The lowest BCUT2D eigenvalue weighted by molar-refractivity contribution is 1.08. The lowest BCUT2D eigenvalue weighted by Crippen LogP contribution is -1.98. The van der Waals surface area contributed by atoms with Crippen molar-refractivity contribution in [2.45, 2.75) is 0 Å². The monoisotopic (exact) mass is 557 g/mol. The van der Waals surface area contributed by atoms with Crippen molar-refractivity contribution in [2.75, 3.05) is 0 Å². The molecule has 0 bridgehead atoms. The topological polar surface area (TPSA) is 30.7 Å². The van der Waals surface area contributed by atoms with Gasteiger partial charge in [-0.05, 0) is 62.0 Å². The Hall–Kier alpha value is -5.25. The van der Waals surface area contributed by atoms with Gasteiger partial charge in [0.2, 0.25) is 0 Å². The van der Waals surface area contributed by atoms with E-state index in [4.69, 9.17) is 16.6 Å². The second-order valence-corrected chi connectivity index (χ2v) is 10.8. The van der Waals surface area contributed by atoms with Gasteiger partial charge < -0.3 is 0 Å². The van der Waals surface area contributed by atoms with Gasteiger partial charge in [-0.2, -0.15) is 0 Å². The Balaban J connectivity index is 1.35. The molecular formula is C38H24ClN3. The summed E-state index contributed by atoms with van der Waals surface area (Å²) in [6.07, 6.45) is 1.73. The van der Waals surface area contributed by atoms with Crippen molar-refractivity contribution >= 4 is 44.3 Å². The zero-order valence-electron chi connectivity index (χ0n) is 22.6. The number of halogens is 1. The van der Waals surface area contributed by atoms with E-state index in [1.165, 1.54) is 38.2 Å². The van der Waals surface area contributed by atoms with Crippen LogP contribution in [0.15, 0.2) is 146 Å². The Kier molecular flexibility index (Phi) is 5.83. The van der Waals surface area contributed by atoms with Gasteiger partial charge in [0.25, 0.3) is 0 Å². The highest BCUT2D eigenvalue weighted by atomic mass is 35.5. The van der Waals surface area contributed by atoms with E-state index >= 15 is 0 Å². The molecule has 3 nitrogen and oxygen atoms in total. The average Bonchev–Trinajstić information content (AvgIpc) is 3.45. The molecule has 4 heteroatoms.